The number of hydrogen-bond acceptors (Lipinski definition) is 5. The first-order valence-corrected chi connectivity index (χ1v) is 33.1. The SMILES string of the molecule is CCCCCCCC/C=C\CCCCCCCCCC(=O)OCCCCCCCCCCCCC/C=C\CCCCCCCCCC(=O)NC(CO)C(O)CCCCCCCCCCCCCCCCCCC. The van der Waals surface area contributed by atoms with Crippen LogP contribution in [0.15, 0.2) is 24.3 Å². The lowest BCUT2D eigenvalue weighted by molar-refractivity contribution is -0.143. The Balaban J connectivity index is 3.40. The van der Waals surface area contributed by atoms with E-state index in [0.717, 1.165) is 44.9 Å². The molecule has 0 saturated heterocycles. The monoisotopic (exact) mass is 1030 g/mol. The van der Waals surface area contributed by atoms with Crippen LogP contribution in [-0.4, -0.2) is 47.4 Å². The molecule has 3 N–H and O–H groups in total. The maximum Gasteiger partial charge on any atom is 0.305 e. The molecule has 0 aliphatic carbocycles. The molecule has 0 aromatic rings. The molecule has 0 aromatic carbocycles. The van der Waals surface area contributed by atoms with Gasteiger partial charge in [-0.05, 0) is 77.0 Å². The van der Waals surface area contributed by atoms with Crippen LogP contribution in [-0.2, 0) is 14.3 Å². The Bertz CT molecular complexity index is 1140. The van der Waals surface area contributed by atoms with Gasteiger partial charge in [0.25, 0.3) is 0 Å². The summed E-state index contributed by atoms with van der Waals surface area (Å²) in [5.41, 5.74) is 0. The number of amides is 1. The minimum atomic E-state index is -0.669. The van der Waals surface area contributed by atoms with Crippen LogP contribution in [0.4, 0.5) is 0 Å². The molecule has 0 saturated carbocycles. The van der Waals surface area contributed by atoms with E-state index < -0.39 is 12.1 Å². The van der Waals surface area contributed by atoms with Crippen molar-refractivity contribution in [2.45, 2.75) is 379 Å². The zero-order chi connectivity index (χ0) is 52.9. The molecule has 0 rings (SSSR count). The molecular formula is C67H129NO5. The van der Waals surface area contributed by atoms with Gasteiger partial charge in [0.2, 0.25) is 5.91 Å². The molecule has 0 radical (unpaired) electrons. The maximum atomic E-state index is 12.5. The first-order chi connectivity index (χ1) is 36.0. The van der Waals surface area contributed by atoms with Crippen LogP contribution >= 0.6 is 0 Å². The molecule has 0 aliphatic rings. The van der Waals surface area contributed by atoms with Gasteiger partial charge in [-0.3, -0.25) is 9.59 Å². The van der Waals surface area contributed by atoms with Crippen LogP contribution in [0.2, 0.25) is 0 Å². The number of allylic oxidation sites excluding steroid dienone is 4. The standard InChI is InChI=1S/C67H129NO5/c1-3-5-7-9-11-13-15-17-19-27-31-35-39-43-47-51-55-59-65(70)64(63-69)68-66(71)60-56-52-48-44-40-36-32-29-25-23-21-22-24-26-30-34-38-42-46-50-54-58-62-73-67(72)61-57-53-49-45-41-37-33-28-20-18-16-14-12-10-8-6-4-2/h18,20,23,25,64-65,69-70H,3-17,19,21-22,24,26-63H2,1-2H3,(H,68,71)/b20-18-,25-23-. The van der Waals surface area contributed by atoms with Gasteiger partial charge < -0.3 is 20.3 Å². The predicted octanol–water partition coefficient (Wildman–Crippen LogP) is 21.0. The largest absolute Gasteiger partial charge is 0.466 e. The summed E-state index contributed by atoms with van der Waals surface area (Å²) in [6.45, 7) is 4.97. The fourth-order valence-corrected chi connectivity index (χ4v) is 10.4. The number of unbranched alkanes of at least 4 members (excludes halogenated alkanes) is 47. The fraction of sp³-hybridized carbons (Fsp3) is 0.910. The van der Waals surface area contributed by atoms with Crippen molar-refractivity contribution < 1.29 is 24.5 Å². The highest BCUT2D eigenvalue weighted by Crippen LogP contribution is 2.18. The zero-order valence-electron chi connectivity index (χ0n) is 49.4. The van der Waals surface area contributed by atoms with Gasteiger partial charge in [-0.15, -0.1) is 0 Å². The molecule has 432 valence electrons. The topological polar surface area (TPSA) is 95.9 Å². The summed E-state index contributed by atoms with van der Waals surface area (Å²) >= 11 is 0. The van der Waals surface area contributed by atoms with E-state index >= 15 is 0 Å². The number of ether oxygens (including phenoxy) is 1. The normalized spacial score (nSPS) is 12.7. The average molecular weight is 1030 g/mol. The highest BCUT2D eigenvalue weighted by atomic mass is 16.5. The molecular weight excluding hydrogens is 899 g/mol. The first kappa shape index (κ1) is 71.3. The summed E-state index contributed by atoms with van der Waals surface area (Å²) < 4.78 is 5.49. The second-order valence-corrected chi connectivity index (χ2v) is 22.8. The Morgan fingerprint density at radius 2 is 0.644 bits per heavy atom. The Kier molecular flexibility index (Phi) is 61.4. The van der Waals surface area contributed by atoms with E-state index in [4.69, 9.17) is 4.74 Å². The zero-order valence-corrected chi connectivity index (χ0v) is 49.4. The fourth-order valence-electron chi connectivity index (χ4n) is 10.4. The molecule has 6 nitrogen and oxygen atoms in total. The van der Waals surface area contributed by atoms with Crippen LogP contribution in [0.3, 0.4) is 0 Å². The van der Waals surface area contributed by atoms with E-state index in [2.05, 4.69) is 43.5 Å². The molecule has 0 bridgehead atoms. The smallest absolute Gasteiger partial charge is 0.305 e. The van der Waals surface area contributed by atoms with Gasteiger partial charge in [-0.1, -0.05) is 301 Å². The van der Waals surface area contributed by atoms with E-state index in [-0.39, 0.29) is 18.5 Å². The number of nitrogens with one attached hydrogen (secondary N) is 1. The molecule has 0 heterocycles. The van der Waals surface area contributed by atoms with Crippen LogP contribution in [0.1, 0.15) is 367 Å². The molecule has 2 atom stereocenters. The van der Waals surface area contributed by atoms with Crippen LogP contribution in [0.25, 0.3) is 0 Å². The quantitative estimate of drug-likeness (QED) is 0.0320. The summed E-state index contributed by atoms with van der Waals surface area (Å²) in [5.74, 6) is -0.0319. The van der Waals surface area contributed by atoms with Crippen molar-refractivity contribution in [2.24, 2.45) is 0 Å². The Morgan fingerprint density at radius 3 is 0.973 bits per heavy atom. The number of hydrogen-bond donors (Lipinski definition) is 3. The number of carbonyl (C=O) groups is 2. The van der Waals surface area contributed by atoms with Gasteiger partial charge >= 0.3 is 5.97 Å². The van der Waals surface area contributed by atoms with E-state index in [1.807, 2.05) is 0 Å². The van der Waals surface area contributed by atoms with Crippen molar-refractivity contribution in [3.05, 3.63) is 24.3 Å². The van der Waals surface area contributed by atoms with Crippen LogP contribution in [0, 0.1) is 0 Å². The van der Waals surface area contributed by atoms with E-state index in [1.165, 1.54) is 289 Å². The Hall–Kier alpha value is -1.66. The molecule has 1 amide bonds. The van der Waals surface area contributed by atoms with Crippen LogP contribution < -0.4 is 5.32 Å². The highest BCUT2D eigenvalue weighted by Gasteiger charge is 2.20. The van der Waals surface area contributed by atoms with E-state index in [1.54, 1.807) is 0 Å². The average Bonchev–Trinajstić information content (AvgIpc) is 3.39. The third kappa shape index (κ3) is 59.4. The lowest BCUT2D eigenvalue weighted by atomic mass is 10.0. The second kappa shape index (κ2) is 62.9. The molecule has 0 aliphatic heterocycles. The summed E-state index contributed by atoms with van der Waals surface area (Å²) in [4.78, 5) is 24.6. The van der Waals surface area contributed by atoms with Crippen molar-refractivity contribution in [3.63, 3.8) is 0 Å². The summed E-state index contributed by atoms with van der Waals surface area (Å²) in [6, 6.07) is -0.547. The van der Waals surface area contributed by atoms with Gasteiger partial charge in [0.1, 0.15) is 0 Å². The number of aliphatic hydroxyl groups excluding tert-OH is 2. The lowest BCUT2D eigenvalue weighted by Gasteiger charge is -2.22. The van der Waals surface area contributed by atoms with Gasteiger partial charge in [0, 0.05) is 12.8 Å². The number of esters is 1. The number of aliphatic hydroxyl groups is 2. The van der Waals surface area contributed by atoms with Gasteiger partial charge in [0.15, 0.2) is 0 Å². The van der Waals surface area contributed by atoms with E-state index in [0.29, 0.717) is 25.9 Å². The summed E-state index contributed by atoms with van der Waals surface area (Å²) in [7, 11) is 0. The number of carbonyl (C=O) groups excluding carboxylic acids is 2. The van der Waals surface area contributed by atoms with Crippen LogP contribution in [0.5, 0.6) is 0 Å². The van der Waals surface area contributed by atoms with Gasteiger partial charge in [-0.25, -0.2) is 0 Å². The maximum absolute atomic E-state index is 12.5. The molecule has 0 aromatic heterocycles. The second-order valence-electron chi connectivity index (χ2n) is 22.8. The van der Waals surface area contributed by atoms with Gasteiger partial charge in [0.05, 0.1) is 25.4 Å². The minimum absolute atomic E-state index is 0.00731. The minimum Gasteiger partial charge on any atom is -0.466 e. The van der Waals surface area contributed by atoms with Crippen molar-refractivity contribution >= 4 is 11.9 Å². The third-order valence-electron chi connectivity index (χ3n) is 15.5. The molecule has 0 spiro atoms. The van der Waals surface area contributed by atoms with E-state index in [9.17, 15) is 19.8 Å². The Labute approximate surface area is 456 Å². The summed E-state index contributed by atoms with van der Waals surface area (Å²) in [5, 5.41) is 23.3. The molecule has 6 heteroatoms. The molecule has 2 unspecified atom stereocenters. The van der Waals surface area contributed by atoms with Crippen molar-refractivity contribution in [3.8, 4) is 0 Å². The van der Waals surface area contributed by atoms with Crippen molar-refractivity contribution in [2.75, 3.05) is 13.2 Å². The molecule has 73 heavy (non-hydrogen) atoms. The first-order valence-electron chi connectivity index (χ1n) is 33.1. The molecule has 0 fully saturated rings. The highest BCUT2D eigenvalue weighted by molar-refractivity contribution is 5.76. The Morgan fingerprint density at radius 1 is 0.370 bits per heavy atom. The lowest BCUT2D eigenvalue weighted by Crippen LogP contribution is -2.45. The summed E-state index contributed by atoms with van der Waals surface area (Å²) in [6.07, 6.45) is 77.7. The third-order valence-corrected chi connectivity index (χ3v) is 15.5. The van der Waals surface area contributed by atoms with Crippen molar-refractivity contribution in [1.29, 1.82) is 0 Å². The van der Waals surface area contributed by atoms with Crippen molar-refractivity contribution in [1.82, 2.24) is 5.32 Å². The predicted molar refractivity (Wildman–Crippen MR) is 320 cm³/mol. The number of rotatable bonds is 62. The van der Waals surface area contributed by atoms with Gasteiger partial charge in [-0.2, -0.15) is 0 Å².